The van der Waals surface area contributed by atoms with Crippen LogP contribution in [0, 0.1) is 0 Å². The predicted octanol–water partition coefficient (Wildman–Crippen LogP) is -1.25. The van der Waals surface area contributed by atoms with Crippen LogP contribution in [-0.4, -0.2) is 32.5 Å². The maximum Gasteiger partial charge on any atom is 0.341 e. The highest BCUT2D eigenvalue weighted by atomic mass is 16.4. The van der Waals surface area contributed by atoms with Crippen LogP contribution in [0.4, 0.5) is 0 Å². The van der Waals surface area contributed by atoms with Crippen LogP contribution in [0.2, 0.25) is 0 Å². The normalized spacial score (nSPS) is 8.47. The maximum atomic E-state index is 11.2. The third kappa shape index (κ3) is 3.11. The number of benzene rings is 1. The van der Waals surface area contributed by atoms with E-state index in [-0.39, 0.29) is 22.0 Å². The number of para-hydroxylation sites is 1. The molecule has 0 fully saturated rings. The van der Waals surface area contributed by atoms with E-state index in [0.29, 0.717) is 10.9 Å². The van der Waals surface area contributed by atoms with Gasteiger partial charge in [-0.25, -0.2) is 4.79 Å². The zero-order chi connectivity index (χ0) is 10.1. The van der Waals surface area contributed by atoms with Crippen LogP contribution in [-0.2, 0) is 0 Å². The first-order valence-corrected chi connectivity index (χ1v) is 4.04. The quantitative estimate of drug-likeness (QED) is 0.640. The standard InChI is InChI=1S/C10H7NO3.3H2O/c12-9-7(10(13)14)5-6-3-1-2-4-8(6)11-9;;;/h1-5H,(H,11,12)(H,13,14);3*1H2. The summed E-state index contributed by atoms with van der Waals surface area (Å²) < 4.78 is 0. The molecular weight excluding hydrogens is 230 g/mol. The van der Waals surface area contributed by atoms with Crippen LogP contribution in [0.25, 0.3) is 10.9 Å². The van der Waals surface area contributed by atoms with E-state index in [9.17, 15) is 9.59 Å². The SMILES string of the molecule is O.O.O.O=C(O)c1cc2ccccc2[nH]c1=O. The Labute approximate surface area is 95.3 Å². The lowest BCUT2D eigenvalue weighted by molar-refractivity contribution is 0.0695. The number of H-pyrrole nitrogens is 1. The van der Waals surface area contributed by atoms with Gasteiger partial charge in [0.25, 0.3) is 5.56 Å². The molecule has 0 spiro atoms. The lowest BCUT2D eigenvalue weighted by Gasteiger charge is -1.98. The third-order valence-electron chi connectivity index (χ3n) is 1.98. The van der Waals surface area contributed by atoms with Crippen molar-refractivity contribution in [2.45, 2.75) is 0 Å². The molecule has 0 aliphatic heterocycles. The molecular formula is C10H13NO6. The van der Waals surface area contributed by atoms with Gasteiger partial charge in [-0.05, 0) is 17.5 Å². The van der Waals surface area contributed by atoms with E-state index in [1.54, 1.807) is 24.3 Å². The molecule has 0 bridgehead atoms. The van der Waals surface area contributed by atoms with Crippen molar-refractivity contribution >= 4 is 16.9 Å². The number of carboxylic acid groups (broad SMARTS) is 1. The van der Waals surface area contributed by atoms with Gasteiger partial charge in [0.1, 0.15) is 5.56 Å². The van der Waals surface area contributed by atoms with Gasteiger partial charge in [-0.1, -0.05) is 18.2 Å². The second-order valence-corrected chi connectivity index (χ2v) is 2.90. The monoisotopic (exact) mass is 243 g/mol. The zero-order valence-electron chi connectivity index (χ0n) is 8.65. The van der Waals surface area contributed by atoms with E-state index in [0.717, 1.165) is 0 Å². The van der Waals surface area contributed by atoms with E-state index in [1.165, 1.54) is 6.07 Å². The highest BCUT2D eigenvalue weighted by Gasteiger charge is 2.08. The van der Waals surface area contributed by atoms with Gasteiger partial charge in [-0.15, -0.1) is 0 Å². The molecule has 7 nitrogen and oxygen atoms in total. The Balaban J connectivity index is 0. The fourth-order valence-electron chi connectivity index (χ4n) is 1.31. The van der Waals surface area contributed by atoms with E-state index in [1.807, 2.05) is 0 Å². The molecule has 0 saturated carbocycles. The summed E-state index contributed by atoms with van der Waals surface area (Å²) in [6, 6.07) is 8.40. The van der Waals surface area contributed by atoms with Gasteiger partial charge in [0.05, 0.1) is 0 Å². The number of carbonyl (C=O) groups is 1. The number of pyridine rings is 1. The second-order valence-electron chi connectivity index (χ2n) is 2.90. The summed E-state index contributed by atoms with van der Waals surface area (Å²) in [4.78, 5) is 24.4. The Bertz CT molecular complexity index is 562. The molecule has 7 heteroatoms. The Hall–Kier alpha value is -2.22. The number of nitrogens with one attached hydrogen (secondary N) is 1. The Kier molecular flexibility index (Phi) is 6.45. The molecule has 0 aliphatic carbocycles. The molecule has 1 aromatic carbocycles. The summed E-state index contributed by atoms with van der Waals surface area (Å²) in [5.41, 5.74) is -0.164. The van der Waals surface area contributed by atoms with Crippen LogP contribution < -0.4 is 5.56 Å². The Morgan fingerprint density at radius 3 is 2.29 bits per heavy atom. The van der Waals surface area contributed by atoms with Crippen molar-refractivity contribution in [3.63, 3.8) is 0 Å². The number of rotatable bonds is 1. The van der Waals surface area contributed by atoms with Gasteiger partial charge in [-0.2, -0.15) is 0 Å². The number of fused-ring (bicyclic) bond motifs is 1. The number of hydrogen-bond acceptors (Lipinski definition) is 2. The van der Waals surface area contributed by atoms with Crippen molar-refractivity contribution in [3.05, 3.63) is 46.2 Å². The summed E-state index contributed by atoms with van der Waals surface area (Å²) in [7, 11) is 0. The molecule has 2 rings (SSSR count). The zero-order valence-corrected chi connectivity index (χ0v) is 8.65. The highest BCUT2D eigenvalue weighted by molar-refractivity contribution is 5.92. The van der Waals surface area contributed by atoms with E-state index >= 15 is 0 Å². The maximum absolute atomic E-state index is 11.2. The highest BCUT2D eigenvalue weighted by Crippen LogP contribution is 2.09. The minimum Gasteiger partial charge on any atom is -0.477 e. The van der Waals surface area contributed by atoms with Gasteiger partial charge >= 0.3 is 5.97 Å². The lowest BCUT2D eigenvalue weighted by Crippen LogP contribution is -2.16. The van der Waals surface area contributed by atoms with Crippen LogP contribution in [0.5, 0.6) is 0 Å². The molecule has 8 N–H and O–H groups in total. The van der Waals surface area contributed by atoms with Gasteiger partial charge in [0.2, 0.25) is 0 Å². The lowest BCUT2D eigenvalue weighted by atomic mass is 10.1. The number of hydrogen-bond donors (Lipinski definition) is 2. The number of aromatic nitrogens is 1. The molecule has 1 aromatic heterocycles. The second kappa shape index (κ2) is 6.38. The number of aromatic amines is 1. The molecule has 2 aromatic rings. The first-order valence-electron chi connectivity index (χ1n) is 4.04. The van der Waals surface area contributed by atoms with Crippen LogP contribution in [0.1, 0.15) is 10.4 Å². The van der Waals surface area contributed by atoms with E-state index in [4.69, 9.17) is 5.11 Å². The Morgan fingerprint density at radius 2 is 1.71 bits per heavy atom. The van der Waals surface area contributed by atoms with Crippen molar-refractivity contribution < 1.29 is 26.3 Å². The number of carboxylic acids is 1. The van der Waals surface area contributed by atoms with Gasteiger partial charge in [0.15, 0.2) is 0 Å². The molecule has 17 heavy (non-hydrogen) atoms. The molecule has 0 atom stereocenters. The van der Waals surface area contributed by atoms with Gasteiger partial charge in [-0.3, -0.25) is 4.79 Å². The van der Waals surface area contributed by atoms with Gasteiger partial charge in [0, 0.05) is 5.52 Å². The molecule has 94 valence electrons. The van der Waals surface area contributed by atoms with E-state index < -0.39 is 11.5 Å². The van der Waals surface area contributed by atoms with Crippen LogP contribution >= 0.6 is 0 Å². The predicted molar refractivity (Wildman–Crippen MR) is 62.4 cm³/mol. The van der Waals surface area contributed by atoms with Crippen molar-refractivity contribution in [1.82, 2.24) is 4.98 Å². The van der Waals surface area contributed by atoms with Crippen molar-refractivity contribution in [2.75, 3.05) is 0 Å². The summed E-state index contributed by atoms with van der Waals surface area (Å²) in [6.07, 6.45) is 0. The fourth-order valence-corrected chi connectivity index (χ4v) is 1.31. The molecule has 0 saturated heterocycles. The van der Waals surface area contributed by atoms with Crippen LogP contribution in [0.15, 0.2) is 35.1 Å². The average molecular weight is 243 g/mol. The van der Waals surface area contributed by atoms with Crippen LogP contribution in [0.3, 0.4) is 0 Å². The minimum absolute atomic E-state index is 0. The Morgan fingerprint density at radius 1 is 1.12 bits per heavy atom. The smallest absolute Gasteiger partial charge is 0.341 e. The molecule has 0 radical (unpaired) electrons. The molecule has 1 heterocycles. The third-order valence-corrected chi connectivity index (χ3v) is 1.98. The number of aromatic carboxylic acids is 1. The molecule has 0 aliphatic rings. The van der Waals surface area contributed by atoms with E-state index in [2.05, 4.69) is 4.98 Å². The summed E-state index contributed by atoms with van der Waals surface area (Å²) >= 11 is 0. The summed E-state index contributed by atoms with van der Waals surface area (Å²) in [5, 5.41) is 9.42. The average Bonchev–Trinajstić information content (AvgIpc) is 2.16. The van der Waals surface area contributed by atoms with Crippen molar-refractivity contribution in [1.29, 1.82) is 0 Å². The molecule has 0 amide bonds. The summed E-state index contributed by atoms with van der Waals surface area (Å²) in [6.45, 7) is 0. The first-order chi connectivity index (χ1) is 6.68. The minimum atomic E-state index is -1.21. The molecule has 0 unspecified atom stereocenters. The fraction of sp³-hybridized carbons (Fsp3) is 0. The topological polar surface area (TPSA) is 165 Å². The van der Waals surface area contributed by atoms with Gasteiger partial charge < -0.3 is 26.5 Å². The van der Waals surface area contributed by atoms with Crippen molar-refractivity contribution in [3.8, 4) is 0 Å². The summed E-state index contributed by atoms with van der Waals surface area (Å²) in [5.74, 6) is -1.21. The largest absolute Gasteiger partial charge is 0.477 e. The first kappa shape index (κ1) is 17.2. The van der Waals surface area contributed by atoms with Crippen molar-refractivity contribution in [2.24, 2.45) is 0 Å².